The van der Waals surface area contributed by atoms with Crippen LogP contribution in [0.25, 0.3) is 0 Å². The molecule has 0 saturated heterocycles. The fourth-order valence-electron chi connectivity index (χ4n) is 2.76. The number of rotatable bonds is 10. The molecule has 2 rings (SSSR count). The normalized spacial score (nSPS) is 11.4. The smallest absolute Gasteiger partial charge is 0.238 e. The van der Waals surface area contributed by atoms with Crippen molar-refractivity contribution in [3.8, 4) is 11.5 Å². The van der Waals surface area contributed by atoms with Crippen molar-refractivity contribution in [3.05, 3.63) is 47.0 Å². The molecule has 0 heterocycles. The lowest BCUT2D eigenvalue weighted by atomic mass is 10.2. The van der Waals surface area contributed by atoms with Crippen LogP contribution >= 0.6 is 11.6 Å². The Labute approximate surface area is 182 Å². The van der Waals surface area contributed by atoms with Crippen molar-refractivity contribution in [1.82, 2.24) is 4.90 Å². The third kappa shape index (κ3) is 7.19. The Kier molecular flexibility index (Phi) is 8.52. The number of nitrogens with one attached hydrogen (secondary N) is 1. The minimum Gasteiger partial charge on any atom is -0.495 e. The van der Waals surface area contributed by atoms with Crippen molar-refractivity contribution >= 4 is 33.0 Å². The van der Waals surface area contributed by atoms with Gasteiger partial charge in [0.2, 0.25) is 5.91 Å². The number of nitrogens with zero attached hydrogens (tertiary/aromatic N) is 1. The molecule has 164 valence electrons. The molecule has 0 bridgehead atoms. The molecule has 0 unspecified atom stereocenters. The molecule has 0 spiro atoms. The molecule has 2 aromatic carbocycles. The largest absolute Gasteiger partial charge is 0.495 e. The summed E-state index contributed by atoms with van der Waals surface area (Å²) in [7, 11) is 0.0958. The van der Waals surface area contributed by atoms with Gasteiger partial charge < -0.3 is 14.8 Å². The van der Waals surface area contributed by atoms with Crippen LogP contribution in [0.15, 0.2) is 41.3 Å². The molecule has 0 aliphatic carbocycles. The van der Waals surface area contributed by atoms with Gasteiger partial charge in [-0.3, -0.25) is 9.69 Å². The third-order valence-electron chi connectivity index (χ3n) is 4.35. The second-order valence-corrected chi connectivity index (χ2v) is 9.46. The Balaban J connectivity index is 1.79. The first-order valence-corrected chi connectivity index (χ1v) is 11.6. The van der Waals surface area contributed by atoms with E-state index in [1.54, 1.807) is 24.3 Å². The van der Waals surface area contributed by atoms with Crippen molar-refractivity contribution in [2.24, 2.45) is 0 Å². The number of amides is 1. The Bertz CT molecular complexity index is 995. The van der Waals surface area contributed by atoms with Gasteiger partial charge in [0, 0.05) is 23.9 Å². The average Bonchev–Trinajstić information content (AvgIpc) is 2.67. The van der Waals surface area contributed by atoms with Crippen LogP contribution < -0.4 is 14.8 Å². The molecule has 30 heavy (non-hydrogen) atoms. The van der Waals surface area contributed by atoms with E-state index in [-0.39, 0.29) is 17.3 Å². The number of methoxy groups -OCH3 is 1. The van der Waals surface area contributed by atoms with Crippen LogP contribution in [-0.2, 0) is 14.6 Å². The van der Waals surface area contributed by atoms with E-state index in [1.807, 2.05) is 18.9 Å². The summed E-state index contributed by atoms with van der Waals surface area (Å²) in [5, 5.41) is 3.42. The maximum atomic E-state index is 12.3. The Morgan fingerprint density at radius 2 is 1.97 bits per heavy atom. The number of sulfone groups is 1. The summed E-state index contributed by atoms with van der Waals surface area (Å²) in [6, 6.07) is 9.85. The van der Waals surface area contributed by atoms with Crippen LogP contribution in [-0.4, -0.2) is 59.3 Å². The topological polar surface area (TPSA) is 84.9 Å². The van der Waals surface area contributed by atoms with Crippen molar-refractivity contribution in [2.45, 2.75) is 18.2 Å². The Hall–Kier alpha value is -2.29. The first-order chi connectivity index (χ1) is 14.1. The number of carbonyl (C=O) groups is 1. The summed E-state index contributed by atoms with van der Waals surface area (Å²) < 4.78 is 34.1. The lowest BCUT2D eigenvalue weighted by Gasteiger charge is -2.18. The van der Waals surface area contributed by atoms with E-state index in [4.69, 9.17) is 21.1 Å². The fourth-order valence-corrected chi connectivity index (χ4v) is 3.57. The molecular formula is C21H27ClN2O5S. The van der Waals surface area contributed by atoms with Gasteiger partial charge in [-0.15, -0.1) is 0 Å². The van der Waals surface area contributed by atoms with Gasteiger partial charge in [-0.05, 0) is 50.2 Å². The highest BCUT2D eigenvalue weighted by Crippen LogP contribution is 2.30. The average molecular weight is 455 g/mol. The van der Waals surface area contributed by atoms with E-state index < -0.39 is 9.84 Å². The fraction of sp³-hybridized carbons (Fsp3) is 0.381. The highest BCUT2D eigenvalue weighted by atomic mass is 35.5. The van der Waals surface area contributed by atoms with E-state index in [9.17, 15) is 13.2 Å². The summed E-state index contributed by atoms with van der Waals surface area (Å²) in [5.74, 6) is 0.842. The van der Waals surface area contributed by atoms with Gasteiger partial charge in [-0.25, -0.2) is 8.42 Å². The maximum Gasteiger partial charge on any atom is 0.238 e. The zero-order valence-corrected chi connectivity index (χ0v) is 19.1. The van der Waals surface area contributed by atoms with Crippen LogP contribution in [0, 0.1) is 6.92 Å². The minimum absolute atomic E-state index is 0.167. The lowest BCUT2D eigenvalue weighted by Crippen LogP contribution is -2.31. The van der Waals surface area contributed by atoms with Crippen molar-refractivity contribution < 1.29 is 22.7 Å². The summed E-state index contributed by atoms with van der Waals surface area (Å²) in [6.45, 7) is 3.10. The van der Waals surface area contributed by atoms with Crippen molar-refractivity contribution in [3.63, 3.8) is 0 Å². The number of carbonyl (C=O) groups excluding carboxylic acids is 1. The predicted octanol–water partition coefficient (Wildman–Crippen LogP) is 3.40. The van der Waals surface area contributed by atoms with Crippen LogP contribution in [0.5, 0.6) is 11.5 Å². The predicted molar refractivity (Wildman–Crippen MR) is 119 cm³/mol. The summed E-state index contributed by atoms with van der Waals surface area (Å²) >= 11 is 6.09. The van der Waals surface area contributed by atoms with E-state index in [0.29, 0.717) is 41.8 Å². The number of hydrogen-bond acceptors (Lipinski definition) is 6. The van der Waals surface area contributed by atoms with Gasteiger partial charge in [0.1, 0.15) is 11.5 Å². The maximum absolute atomic E-state index is 12.3. The van der Waals surface area contributed by atoms with Gasteiger partial charge in [0.15, 0.2) is 9.84 Å². The third-order valence-corrected chi connectivity index (χ3v) is 5.87. The quantitative estimate of drug-likeness (QED) is 0.554. The first-order valence-electron chi connectivity index (χ1n) is 9.35. The monoisotopic (exact) mass is 454 g/mol. The molecule has 0 atom stereocenters. The molecule has 2 aromatic rings. The molecule has 0 aliphatic rings. The van der Waals surface area contributed by atoms with Crippen LogP contribution in [0.3, 0.4) is 0 Å². The number of ether oxygens (including phenoxy) is 2. The van der Waals surface area contributed by atoms with E-state index >= 15 is 0 Å². The number of aryl methyl sites for hydroxylation is 1. The summed E-state index contributed by atoms with van der Waals surface area (Å²) in [5.41, 5.74) is 1.42. The Morgan fingerprint density at radius 1 is 1.23 bits per heavy atom. The van der Waals surface area contributed by atoms with Gasteiger partial charge in [-0.2, -0.15) is 0 Å². The van der Waals surface area contributed by atoms with Crippen LogP contribution in [0.4, 0.5) is 5.69 Å². The van der Waals surface area contributed by atoms with E-state index in [1.165, 1.54) is 19.2 Å². The van der Waals surface area contributed by atoms with E-state index in [0.717, 1.165) is 11.8 Å². The second-order valence-electron chi connectivity index (χ2n) is 7.04. The summed E-state index contributed by atoms with van der Waals surface area (Å²) in [6.07, 6.45) is 1.84. The zero-order valence-electron chi connectivity index (χ0n) is 17.6. The van der Waals surface area contributed by atoms with Crippen LogP contribution in [0.2, 0.25) is 5.02 Å². The SMILES string of the molecule is COc1cc(Cl)c(C)cc1NC(=O)CN(C)CCCOc1cccc(S(C)(=O)=O)c1. The number of hydrogen-bond donors (Lipinski definition) is 1. The molecule has 0 aliphatic heterocycles. The number of anilines is 1. The van der Waals surface area contributed by atoms with E-state index in [2.05, 4.69) is 5.32 Å². The molecule has 0 saturated carbocycles. The van der Waals surface area contributed by atoms with Crippen molar-refractivity contribution in [2.75, 3.05) is 45.4 Å². The molecule has 1 N–H and O–H groups in total. The van der Waals surface area contributed by atoms with Crippen LogP contribution in [0.1, 0.15) is 12.0 Å². The van der Waals surface area contributed by atoms with Gasteiger partial charge in [0.25, 0.3) is 0 Å². The van der Waals surface area contributed by atoms with Crippen molar-refractivity contribution in [1.29, 1.82) is 0 Å². The standard InChI is InChI=1S/C21H27ClN2O5S/c1-15-11-19(20(28-3)13-18(15)22)23-21(25)14-24(2)9-6-10-29-16-7-5-8-17(12-16)30(4,26)27/h5,7-8,11-13H,6,9-10,14H2,1-4H3,(H,23,25). The molecule has 0 fully saturated rings. The van der Waals surface area contributed by atoms with Gasteiger partial charge in [0.05, 0.1) is 30.8 Å². The lowest BCUT2D eigenvalue weighted by molar-refractivity contribution is -0.117. The number of benzene rings is 2. The molecule has 9 heteroatoms. The summed E-state index contributed by atoms with van der Waals surface area (Å²) in [4.78, 5) is 14.4. The molecular weight excluding hydrogens is 428 g/mol. The molecule has 0 aromatic heterocycles. The van der Waals surface area contributed by atoms with Gasteiger partial charge >= 0.3 is 0 Å². The highest BCUT2D eigenvalue weighted by Gasteiger charge is 2.12. The molecule has 0 radical (unpaired) electrons. The number of likely N-dealkylation sites (N-methyl/N-ethyl adjacent to an activating group) is 1. The number of halogens is 1. The molecule has 1 amide bonds. The molecule has 7 nitrogen and oxygen atoms in total. The Morgan fingerprint density at radius 3 is 2.63 bits per heavy atom. The minimum atomic E-state index is -3.27. The zero-order chi connectivity index (χ0) is 22.3. The van der Waals surface area contributed by atoms with Gasteiger partial charge in [-0.1, -0.05) is 17.7 Å². The first kappa shape index (κ1) is 24.0. The highest BCUT2D eigenvalue weighted by molar-refractivity contribution is 7.90. The second kappa shape index (κ2) is 10.7.